The van der Waals surface area contributed by atoms with Gasteiger partial charge < -0.3 is 4.74 Å². The largest absolute Gasteiger partial charge is 0.443 e. The van der Waals surface area contributed by atoms with Crippen LogP contribution in [0.5, 0.6) is 0 Å². The molecule has 16 heavy (non-hydrogen) atoms. The zero-order chi connectivity index (χ0) is 12.9. The van der Waals surface area contributed by atoms with E-state index in [2.05, 4.69) is 0 Å². The third-order valence-corrected chi connectivity index (χ3v) is 1.70. The molecule has 3 amide bonds. The topological polar surface area (TPSA) is 59.1 Å². The van der Waals surface area contributed by atoms with Gasteiger partial charge in [-0.25, -0.2) is 19.6 Å². The van der Waals surface area contributed by atoms with Gasteiger partial charge in [0.1, 0.15) is 5.60 Å². The van der Waals surface area contributed by atoms with Crippen molar-refractivity contribution >= 4 is 12.1 Å². The highest BCUT2D eigenvalue weighted by molar-refractivity contribution is 5.90. The summed E-state index contributed by atoms with van der Waals surface area (Å²) >= 11 is 0. The van der Waals surface area contributed by atoms with Crippen LogP contribution in [0.15, 0.2) is 0 Å². The van der Waals surface area contributed by atoms with Crippen LogP contribution in [-0.2, 0) is 9.57 Å². The number of imide groups is 1. The second-order valence-corrected chi connectivity index (χ2v) is 4.19. The van der Waals surface area contributed by atoms with Gasteiger partial charge in [0.15, 0.2) is 0 Å². The number of nitrogens with zero attached hydrogens (tertiary/aromatic N) is 2. The summed E-state index contributed by atoms with van der Waals surface area (Å²) in [4.78, 5) is 29.0. The number of carbonyl (C=O) groups is 2. The van der Waals surface area contributed by atoms with Crippen LogP contribution in [0.1, 0.15) is 27.7 Å². The summed E-state index contributed by atoms with van der Waals surface area (Å²) in [5.74, 6) is 0. The van der Waals surface area contributed by atoms with Gasteiger partial charge >= 0.3 is 12.1 Å². The average Bonchev–Trinajstić information content (AvgIpc) is 2.14. The minimum absolute atomic E-state index is 0.224. The number of urea groups is 1. The molecule has 6 heteroatoms. The highest BCUT2D eigenvalue weighted by atomic mass is 16.7. The molecule has 0 radical (unpaired) electrons. The molecular formula is C10H20N2O4. The minimum atomic E-state index is -0.677. The molecule has 0 spiro atoms. The SMILES string of the molecule is CCN(C(=O)OC(C)(C)C)C(=O)N(C)OC. The molecular weight excluding hydrogens is 212 g/mol. The lowest BCUT2D eigenvalue weighted by Gasteiger charge is -2.27. The first-order valence-electron chi connectivity index (χ1n) is 5.05. The molecule has 0 aromatic heterocycles. The molecule has 0 atom stereocenters. The second-order valence-electron chi connectivity index (χ2n) is 4.19. The van der Waals surface area contributed by atoms with Gasteiger partial charge in [-0.3, -0.25) is 4.84 Å². The molecule has 0 aliphatic carbocycles. The van der Waals surface area contributed by atoms with E-state index >= 15 is 0 Å². The van der Waals surface area contributed by atoms with Crippen LogP contribution in [0.2, 0.25) is 0 Å². The summed E-state index contributed by atoms with van der Waals surface area (Å²) in [6.07, 6.45) is -0.677. The molecule has 0 aromatic rings. The molecule has 0 fully saturated rings. The van der Waals surface area contributed by atoms with Crippen molar-refractivity contribution in [2.45, 2.75) is 33.3 Å². The first-order valence-corrected chi connectivity index (χ1v) is 5.05. The van der Waals surface area contributed by atoms with E-state index in [-0.39, 0.29) is 6.54 Å². The van der Waals surface area contributed by atoms with Gasteiger partial charge in [-0.1, -0.05) is 0 Å². The Morgan fingerprint density at radius 2 is 1.75 bits per heavy atom. The van der Waals surface area contributed by atoms with Crippen molar-refractivity contribution in [3.05, 3.63) is 0 Å². The number of hydrogen-bond donors (Lipinski definition) is 0. The Bertz CT molecular complexity index is 260. The summed E-state index contributed by atoms with van der Waals surface area (Å²) in [6.45, 7) is 7.13. The second kappa shape index (κ2) is 5.69. The number of rotatable bonds is 2. The number of hydrogen-bond acceptors (Lipinski definition) is 4. The molecule has 0 rings (SSSR count). The molecule has 0 aromatic carbocycles. The van der Waals surface area contributed by atoms with E-state index in [4.69, 9.17) is 9.57 Å². The molecule has 94 valence electrons. The molecule has 0 aliphatic heterocycles. The Kier molecular flexibility index (Phi) is 5.23. The van der Waals surface area contributed by atoms with E-state index in [1.165, 1.54) is 14.2 Å². The van der Waals surface area contributed by atoms with Gasteiger partial charge in [-0.05, 0) is 27.7 Å². The van der Waals surface area contributed by atoms with E-state index in [1.807, 2.05) is 0 Å². The smallest absolute Gasteiger partial charge is 0.418 e. The zero-order valence-corrected chi connectivity index (χ0v) is 10.7. The first-order chi connectivity index (χ1) is 7.22. The van der Waals surface area contributed by atoms with Crippen LogP contribution < -0.4 is 0 Å². The Balaban J connectivity index is 4.62. The van der Waals surface area contributed by atoms with Crippen molar-refractivity contribution < 1.29 is 19.2 Å². The van der Waals surface area contributed by atoms with Gasteiger partial charge in [0.2, 0.25) is 0 Å². The van der Waals surface area contributed by atoms with Crippen LogP contribution in [-0.4, -0.2) is 48.4 Å². The highest BCUT2D eigenvalue weighted by Gasteiger charge is 2.28. The molecule has 0 aliphatic rings. The van der Waals surface area contributed by atoms with Gasteiger partial charge in [0, 0.05) is 13.6 Å². The normalized spacial score (nSPS) is 10.9. The summed E-state index contributed by atoms with van der Waals surface area (Å²) in [7, 11) is 2.77. The Morgan fingerprint density at radius 3 is 2.06 bits per heavy atom. The van der Waals surface area contributed by atoms with Crippen molar-refractivity contribution in [1.82, 2.24) is 9.96 Å². The maximum absolute atomic E-state index is 11.7. The quantitative estimate of drug-likeness (QED) is 0.682. The molecule has 0 heterocycles. The van der Waals surface area contributed by atoms with Gasteiger partial charge in [0.25, 0.3) is 0 Å². The molecule has 0 saturated heterocycles. The summed E-state index contributed by atoms with van der Waals surface area (Å²) < 4.78 is 5.09. The Labute approximate surface area is 96.0 Å². The number of hydroxylamine groups is 2. The highest BCUT2D eigenvalue weighted by Crippen LogP contribution is 2.10. The summed E-state index contributed by atoms with van der Waals surface area (Å²) in [5, 5.41) is 0.966. The molecule has 0 bridgehead atoms. The number of amides is 3. The van der Waals surface area contributed by atoms with Gasteiger partial charge in [-0.15, -0.1) is 0 Å². The van der Waals surface area contributed by atoms with Crippen molar-refractivity contribution in [3.63, 3.8) is 0 Å². The first kappa shape index (κ1) is 14.7. The van der Waals surface area contributed by atoms with Crippen LogP contribution in [0.3, 0.4) is 0 Å². The predicted octanol–water partition coefficient (Wildman–Crippen LogP) is 1.86. The van der Waals surface area contributed by atoms with E-state index in [9.17, 15) is 9.59 Å². The third-order valence-electron chi connectivity index (χ3n) is 1.70. The standard InChI is InChI=1S/C10H20N2O4/c1-7-12(8(13)11(5)15-6)9(14)16-10(2,3)4/h7H2,1-6H3. The summed E-state index contributed by atoms with van der Waals surface area (Å²) in [6, 6.07) is -0.556. The van der Waals surface area contributed by atoms with E-state index in [0.29, 0.717) is 0 Å². The molecule has 0 unspecified atom stereocenters. The van der Waals surface area contributed by atoms with Crippen molar-refractivity contribution in [3.8, 4) is 0 Å². The van der Waals surface area contributed by atoms with Gasteiger partial charge in [0.05, 0.1) is 7.11 Å². The zero-order valence-electron chi connectivity index (χ0n) is 10.7. The van der Waals surface area contributed by atoms with Crippen LogP contribution in [0.4, 0.5) is 9.59 Å². The van der Waals surface area contributed by atoms with E-state index in [1.54, 1.807) is 27.7 Å². The fraction of sp³-hybridized carbons (Fsp3) is 0.800. The van der Waals surface area contributed by atoms with Crippen LogP contribution >= 0.6 is 0 Å². The van der Waals surface area contributed by atoms with Crippen molar-refractivity contribution in [2.24, 2.45) is 0 Å². The minimum Gasteiger partial charge on any atom is -0.443 e. The number of carbonyl (C=O) groups excluding carboxylic acids is 2. The van der Waals surface area contributed by atoms with Gasteiger partial charge in [-0.2, -0.15) is 0 Å². The fourth-order valence-electron chi connectivity index (χ4n) is 0.908. The van der Waals surface area contributed by atoms with Crippen LogP contribution in [0.25, 0.3) is 0 Å². The van der Waals surface area contributed by atoms with E-state index in [0.717, 1.165) is 9.96 Å². The maximum Gasteiger partial charge on any atom is 0.418 e. The maximum atomic E-state index is 11.7. The van der Waals surface area contributed by atoms with Crippen molar-refractivity contribution in [2.75, 3.05) is 20.7 Å². The lowest BCUT2D eigenvalue weighted by molar-refractivity contribution is -0.0764. The molecule has 0 N–H and O–H groups in total. The average molecular weight is 232 g/mol. The Hall–Kier alpha value is -1.30. The molecule has 0 saturated carbocycles. The third kappa shape index (κ3) is 4.48. The Morgan fingerprint density at radius 1 is 1.25 bits per heavy atom. The summed E-state index contributed by atoms with van der Waals surface area (Å²) in [5.41, 5.74) is -0.629. The predicted molar refractivity (Wildman–Crippen MR) is 58.8 cm³/mol. The van der Waals surface area contributed by atoms with E-state index < -0.39 is 17.7 Å². The lowest BCUT2D eigenvalue weighted by atomic mass is 10.2. The van der Waals surface area contributed by atoms with Crippen molar-refractivity contribution in [1.29, 1.82) is 0 Å². The number of ether oxygens (including phenoxy) is 1. The lowest BCUT2D eigenvalue weighted by Crippen LogP contribution is -2.46. The fourth-order valence-corrected chi connectivity index (χ4v) is 0.908. The molecule has 6 nitrogen and oxygen atoms in total. The monoisotopic (exact) mass is 232 g/mol. The van der Waals surface area contributed by atoms with Crippen LogP contribution in [0, 0.1) is 0 Å².